The van der Waals surface area contributed by atoms with Gasteiger partial charge < -0.3 is 10.6 Å². The Hall–Kier alpha value is -0.810. The fourth-order valence-corrected chi connectivity index (χ4v) is 4.04. The number of nitrogens with one attached hydrogen (secondary N) is 2. The minimum atomic E-state index is 0.489. The molecule has 2 aliphatic rings. The van der Waals surface area contributed by atoms with E-state index in [1.807, 2.05) is 7.05 Å². The second kappa shape index (κ2) is 9.04. The van der Waals surface area contributed by atoms with Crippen molar-refractivity contribution < 1.29 is 0 Å². The van der Waals surface area contributed by atoms with E-state index in [9.17, 15) is 0 Å². The largest absolute Gasteiger partial charge is 0.355 e. The van der Waals surface area contributed by atoms with Crippen molar-refractivity contribution in [2.24, 2.45) is 16.8 Å². The predicted octanol–water partition coefficient (Wildman–Crippen LogP) is 2.00. The van der Waals surface area contributed by atoms with E-state index < -0.39 is 0 Å². The lowest BCUT2D eigenvalue weighted by atomic mass is 10.0. The summed E-state index contributed by atoms with van der Waals surface area (Å²) in [6, 6.07) is 1.71. The van der Waals surface area contributed by atoms with Crippen LogP contribution in [0.25, 0.3) is 0 Å². The molecular formula is C19H39N5. The van der Waals surface area contributed by atoms with Crippen LogP contribution in [-0.4, -0.2) is 73.7 Å². The number of guanidine groups is 1. The highest BCUT2D eigenvalue weighted by Gasteiger charge is 2.31. The van der Waals surface area contributed by atoms with Crippen molar-refractivity contribution in [3.05, 3.63) is 0 Å². The van der Waals surface area contributed by atoms with Crippen LogP contribution in [0.4, 0.5) is 0 Å². The molecule has 2 saturated heterocycles. The fourth-order valence-electron chi connectivity index (χ4n) is 4.04. The molecule has 2 heterocycles. The number of rotatable bonds is 6. The molecule has 2 N–H and O–H groups in total. The van der Waals surface area contributed by atoms with Crippen LogP contribution >= 0.6 is 0 Å². The number of nitrogens with zero attached hydrogens (tertiary/aromatic N) is 3. The van der Waals surface area contributed by atoms with Crippen molar-refractivity contribution in [1.29, 1.82) is 0 Å². The second-order valence-electron chi connectivity index (χ2n) is 8.28. The minimum Gasteiger partial charge on any atom is -0.355 e. The molecule has 0 aromatic rings. The van der Waals surface area contributed by atoms with Crippen molar-refractivity contribution >= 4 is 5.96 Å². The van der Waals surface area contributed by atoms with Gasteiger partial charge in [0.1, 0.15) is 0 Å². The summed E-state index contributed by atoms with van der Waals surface area (Å²) in [5, 5.41) is 7.26. The topological polar surface area (TPSA) is 42.9 Å². The normalized spacial score (nSPS) is 28.1. The average molecular weight is 338 g/mol. The van der Waals surface area contributed by atoms with E-state index in [1.54, 1.807) is 0 Å². The van der Waals surface area contributed by atoms with Gasteiger partial charge in [-0.3, -0.25) is 14.8 Å². The highest BCUT2D eigenvalue weighted by Crippen LogP contribution is 2.19. The standard InChI is InChI=1S/C19H39N5/c1-14(2)18(23-9-7-8-10-23)11-21-19(20-6)22-17-13-24(15(3)4)12-16(17)5/h14-18H,7-13H2,1-6H3,(H2,20,21,22). The maximum atomic E-state index is 4.47. The van der Waals surface area contributed by atoms with Crippen molar-refractivity contribution in [3.63, 3.8) is 0 Å². The lowest BCUT2D eigenvalue weighted by Crippen LogP contribution is -2.51. The number of hydrogen-bond acceptors (Lipinski definition) is 3. The minimum absolute atomic E-state index is 0.489. The Morgan fingerprint density at radius 1 is 1.08 bits per heavy atom. The van der Waals surface area contributed by atoms with E-state index in [1.165, 1.54) is 32.5 Å². The summed E-state index contributed by atoms with van der Waals surface area (Å²) in [7, 11) is 1.88. The molecule has 3 atom stereocenters. The van der Waals surface area contributed by atoms with Crippen LogP contribution in [-0.2, 0) is 0 Å². The van der Waals surface area contributed by atoms with Crippen molar-refractivity contribution in [2.45, 2.75) is 65.6 Å². The van der Waals surface area contributed by atoms with Crippen LogP contribution in [0, 0.1) is 11.8 Å². The first kappa shape index (κ1) is 19.5. The summed E-state index contributed by atoms with van der Waals surface area (Å²) < 4.78 is 0. The molecule has 140 valence electrons. The Morgan fingerprint density at radius 3 is 2.25 bits per heavy atom. The Morgan fingerprint density at radius 2 is 1.75 bits per heavy atom. The molecule has 5 heteroatoms. The summed E-state index contributed by atoms with van der Waals surface area (Å²) in [5.41, 5.74) is 0. The zero-order chi connectivity index (χ0) is 17.7. The van der Waals surface area contributed by atoms with E-state index in [4.69, 9.17) is 0 Å². The van der Waals surface area contributed by atoms with Gasteiger partial charge in [0.25, 0.3) is 0 Å². The van der Waals surface area contributed by atoms with Gasteiger partial charge in [0.15, 0.2) is 5.96 Å². The average Bonchev–Trinajstić information content (AvgIpc) is 3.16. The lowest BCUT2D eigenvalue weighted by Gasteiger charge is -2.32. The third kappa shape index (κ3) is 5.09. The molecule has 24 heavy (non-hydrogen) atoms. The summed E-state index contributed by atoms with van der Waals surface area (Å²) in [6.07, 6.45) is 2.70. The molecule has 2 rings (SSSR count). The van der Waals surface area contributed by atoms with Crippen molar-refractivity contribution in [2.75, 3.05) is 39.8 Å². The lowest BCUT2D eigenvalue weighted by molar-refractivity contribution is 0.192. The Kier molecular flexibility index (Phi) is 7.35. The molecule has 0 amide bonds. The molecule has 0 bridgehead atoms. The zero-order valence-electron chi connectivity index (χ0n) is 16.7. The number of likely N-dealkylation sites (tertiary alicyclic amines) is 2. The SMILES string of the molecule is CN=C(NCC(C(C)C)N1CCCC1)NC1CN(C(C)C)CC1C. The van der Waals surface area contributed by atoms with Crippen LogP contribution in [0.2, 0.25) is 0 Å². The summed E-state index contributed by atoms with van der Waals surface area (Å²) in [6.45, 7) is 17.3. The molecule has 5 nitrogen and oxygen atoms in total. The van der Waals surface area contributed by atoms with Gasteiger partial charge in [-0.25, -0.2) is 0 Å². The molecule has 0 radical (unpaired) electrons. The van der Waals surface area contributed by atoms with Crippen molar-refractivity contribution in [3.8, 4) is 0 Å². The van der Waals surface area contributed by atoms with Crippen LogP contribution in [0.15, 0.2) is 4.99 Å². The van der Waals surface area contributed by atoms with Crippen molar-refractivity contribution in [1.82, 2.24) is 20.4 Å². The highest BCUT2D eigenvalue weighted by molar-refractivity contribution is 5.80. The molecule has 0 aromatic carbocycles. The molecule has 0 aromatic heterocycles. The fraction of sp³-hybridized carbons (Fsp3) is 0.947. The third-order valence-corrected chi connectivity index (χ3v) is 5.77. The first-order chi connectivity index (χ1) is 11.4. The van der Waals surface area contributed by atoms with Crippen LogP contribution in [0.5, 0.6) is 0 Å². The van der Waals surface area contributed by atoms with Gasteiger partial charge in [-0.2, -0.15) is 0 Å². The molecule has 0 spiro atoms. The van der Waals surface area contributed by atoms with Gasteiger partial charge in [-0.1, -0.05) is 20.8 Å². The molecule has 0 saturated carbocycles. The number of aliphatic imine (C=N–C) groups is 1. The zero-order valence-corrected chi connectivity index (χ0v) is 16.7. The second-order valence-corrected chi connectivity index (χ2v) is 8.28. The number of hydrogen-bond donors (Lipinski definition) is 2. The first-order valence-corrected chi connectivity index (χ1v) is 9.87. The van der Waals surface area contributed by atoms with E-state index in [0.717, 1.165) is 19.0 Å². The van der Waals surface area contributed by atoms with Crippen LogP contribution < -0.4 is 10.6 Å². The van der Waals surface area contributed by atoms with Crippen LogP contribution in [0.3, 0.4) is 0 Å². The monoisotopic (exact) mass is 337 g/mol. The smallest absolute Gasteiger partial charge is 0.191 e. The van der Waals surface area contributed by atoms with Gasteiger partial charge in [0, 0.05) is 44.8 Å². The molecule has 0 aliphatic carbocycles. The van der Waals surface area contributed by atoms with Gasteiger partial charge in [-0.15, -0.1) is 0 Å². The van der Waals surface area contributed by atoms with Crippen LogP contribution in [0.1, 0.15) is 47.5 Å². The Balaban J connectivity index is 1.85. The molecule has 3 unspecified atom stereocenters. The van der Waals surface area contributed by atoms with Gasteiger partial charge in [0.05, 0.1) is 0 Å². The first-order valence-electron chi connectivity index (χ1n) is 9.87. The quantitative estimate of drug-likeness (QED) is 0.575. The maximum Gasteiger partial charge on any atom is 0.191 e. The molecule has 2 aliphatic heterocycles. The predicted molar refractivity (Wildman–Crippen MR) is 104 cm³/mol. The van der Waals surface area contributed by atoms with Gasteiger partial charge in [0.2, 0.25) is 0 Å². The van der Waals surface area contributed by atoms with E-state index in [0.29, 0.717) is 30.0 Å². The summed E-state index contributed by atoms with van der Waals surface area (Å²) >= 11 is 0. The van der Waals surface area contributed by atoms with E-state index in [-0.39, 0.29) is 0 Å². The summed E-state index contributed by atoms with van der Waals surface area (Å²) in [4.78, 5) is 9.67. The summed E-state index contributed by atoms with van der Waals surface area (Å²) in [5.74, 6) is 2.28. The molecule has 2 fully saturated rings. The highest BCUT2D eigenvalue weighted by atomic mass is 15.3. The Labute approximate surface area is 149 Å². The van der Waals surface area contributed by atoms with E-state index in [2.05, 4.69) is 60.0 Å². The molecular weight excluding hydrogens is 298 g/mol. The van der Waals surface area contributed by atoms with Gasteiger partial charge >= 0.3 is 0 Å². The Bertz CT molecular complexity index is 401. The van der Waals surface area contributed by atoms with E-state index >= 15 is 0 Å². The third-order valence-electron chi connectivity index (χ3n) is 5.77. The van der Waals surface area contributed by atoms with Gasteiger partial charge in [-0.05, 0) is 51.6 Å². The maximum absolute atomic E-state index is 4.47.